The molecule has 4 heteroatoms. The summed E-state index contributed by atoms with van der Waals surface area (Å²) in [5.41, 5.74) is 0. The lowest BCUT2D eigenvalue weighted by Crippen LogP contribution is -3.00. The first-order valence-electron chi connectivity index (χ1n) is 13.9. The van der Waals surface area contributed by atoms with Crippen LogP contribution >= 0.6 is 0 Å². The average Bonchev–Trinajstić information content (AvgIpc) is 2.72. The molecule has 0 aliphatic heterocycles. The van der Waals surface area contributed by atoms with Gasteiger partial charge in [0.1, 0.15) is 0 Å². The summed E-state index contributed by atoms with van der Waals surface area (Å²) in [5, 5.41) is 0. The van der Waals surface area contributed by atoms with Crippen LogP contribution in [0, 0.1) is 0 Å². The molecule has 0 heterocycles. The minimum atomic E-state index is 0. The fourth-order valence-electron chi connectivity index (χ4n) is 3.66. The van der Waals surface area contributed by atoms with Gasteiger partial charge in [-0.3, -0.25) is 0 Å². The summed E-state index contributed by atoms with van der Waals surface area (Å²) in [6, 6.07) is 0. The Bertz CT molecular complexity index is 301. The van der Waals surface area contributed by atoms with Crippen molar-refractivity contribution in [3.8, 4) is 0 Å². The normalized spacial score (nSPS) is 11.2. The second-order valence-electron chi connectivity index (χ2n) is 10.9. The minimum Gasteiger partial charge on any atom is -1.00 e. The van der Waals surface area contributed by atoms with Crippen LogP contribution in [-0.2, 0) is 0 Å². The quantitative estimate of drug-likeness (QED) is 0.178. The molecule has 0 N–H and O–H groups in total. The molecule has 0 saturated heterocycles. The van der Waals surface area contributed by atoms with Gasteiger partial charge in [0.15, 0.2) is 0 Å². The van der Waals surface area contributed by atoms with Gasteiger partial charge in [-0.2, -0.15) is 0 Å². The molecule has 0 aliphatic carbocycles. The summed E-state index contributed by atoms with van der Waals surface area (Å²) < 4.78 is 2.38. The Balaban J connectivity index is -0.000000231. The zero-order valence-electron chi connectivity index (χ0n) is 23.8. The van der Waals surface area contributed by atoms with E-state index >= 15 is 0 Å². The Kier molecular flexibility index (Phi) is 34.4. The van der Waals surface area contributed by atoms with Crippen molar-refractivity contribution in [1.82, 2.24) is 0 Å². The molecule has 0 aliphatic rings. The molecular weight excluding hydrogens is 435 g/mol. The minimum absolute atomic E-state index is 0. The van der Waals surface area contributed by atoms with Crippen LogP contribution in [0.5, 0.6) is 0 Å². The van der Waals surface area contributed by atoms with Crippen molar-refractivity contribution in [2.75, 3.05) is 54.4 Å². The van der Waals surface area contributed by atoms with E-state index in [0.29, 0.717) is 0 Å². The molecule has 0 aromatic rings. The van der Waals surface area contributed by atoms with Gasteiger partial charge in [-0.15, -0.1) is 0 Å². The zero-order valence-corrected chi connectivity index (χ0v) is 25.3. The number of rotatable bonds is 20. The van der Waals surface area contributed by atoms with E-state index < -0.39 is 0 Å². The number of hydrogen-bond donors (Lipinski definition) is 0. The Morgan fingerprint density at radius 2 is 0.562 bits per heavy atom. The van der Waals surface area contributed by atoms with Crippen molar-refractivity contribution in [1.29, 1.82) is 0 Å². The number of unbranched alkanes of at least 4 members (excludes halogenated alkanes) is 14. The molecule has 0 rings (SSSR count). The van der Waals surface area contributed by atoms with Crippen LogP contribution in [0.3, 0.4) is 0 Å². The smallest absolute Gasteiger partial charge is 0.0782 e. The van der Waals surface area contributed by atoms with E-state index in [1.54, 1.807) is 0 Å². The molecule has 0 spiro atoms. The van der Waals surface area contributed by atoms with Gasteiger partial charge in [0.2, 0.25) is 0 Å². The highest BCUT2D eigenvalue weighted by atomic mass is 35.5. The fourth-order valence-corrected chi connectivity index (χ4v) is 3.66. The molecule has 0 bridgehead atoms. The summed E-state index contributed by atoms with van der Waals surface area (Å²) in [5.74, 6) is 0. The molecule has 32 heavy (non-hydrogen) atoms. The summed E-state index contributed by atoms with van der Waals surface area (Å²) in [4.78, 5) is 0. The first-order valence-corrected chi connectivity index (χ1v) is 13.9. The van der Waals surface area contributed by atoms with Gasteiger partial charge in [-0.05, 0) is 39.5 Å². The number of nitrogens with zero attached hydrogens (tertiary/aromatic N) is 2. The summed E-state index contributed by atoms with van der Waals surface area (Å²) in [7, 11) is 9.34. The number of quaternary nitrogens is 2. The lowest BCUT2D eigenvalue weighted by Gasteiger charge is -2.28. The molecule has 200 valence electrons. The zero-order chi connectivity index (χ0) is 23.1. The average molecular weight is 500 g/mol. The van der Waals surface area contributed by atoms with Crippen LogP contribution in [0.15, 0.2) is 0 Å². The van der Waals surface area contributed by atoms with Gasteiger partial charge in [-0.1, -0.05) is 90.9 Å². The molecule has 0 aromatic carbocycles. The lowest BCUT2D eigenvalue weighted by molar-refractivity contribution is -0.888. The van der Waals surface area contributed by atoms with Gasteiger partial charge in [0, 0.05) is 0 Å². The van der Waals surface area contributed by atoms with E-state index in [1.807, 2.05) is 0 Å². The maximum Gasteiger partial charge on any atom is 0.0782 e. The van der Waals surface area contributed by atoms with Crippen molar-refractivity contribution < 1.29 is 33.8 Å². The van der Waals surface area contributed by atoms with Gasteiger partial charge in [0.05, 0.1) is 54.4 Å². The van der Waals surface area contributed by atoms with E-state index in [1.165, 1.54) is 138 Å². The molecule has 2 nitrogen and oxygen atoms in total. The molecule has 0 fully saturated rings. The van der Waals surface area contributed by atoms with Crippen molar-refractivity contribution >= 4 is 0 Å². The first-order chi connectivity index (χ1) is 14.2. The summed E-state index contributed by atoms with van der Waals surface area (Å²) in [6.07, 6.45) is 22.9. The standard InChI is InChI=1S/2C14H32N.2ClH/c2*1-5-7-8-9-10-11-12-13-14-15(3,4)6-2;;/h2*5-14H2,1-4H3;2*1H/q2*+1;;/p-2. The van der Waals surface area contributed by atoms with Gasteiger partial charge in [-0.25, -0.2) is 0 Å². The van der Waals surface area contributed by atoms with Crippen LogP contribution < -0.4 is 24.8 Å². The predicted molar refractivity (Wildman–Crippen MR) is 140 cm³/mol. The van der Waals surface area contributed by atoms with Crippen LogP contribution in [0.4, 0.5) is 0 Å². The Morgan fingerprint density at radius 3 is 0.781 bits per heavy atom. The highest BCUT2D eigenvalue weighted by Gasteiger charge is 2.10. The van der Waals surface area contributed by atoms with E-state index in [-0.39, 0.29) is 24.8 Å². The van der Waals surface area contributed by atoms with Gasteiger partial charge in [0.25, 0.3) is 0 Å². The van der Waals surface area contributed by atoms with Crippen molar-refractivity contribution in [3.63, 3.8) is 0 Å². The maximum absolute atomic E-state index is 2.33. The molecule has 0 radical (unpaired) electrons. The number of halogens is 2. The van der Waals surface area contributed by atoms with E-state index in [9.17, 15) is 0 Å². The number of hydrogen-bond acceptors (Lipinski definition) is 0. The van der Waals surface area contributed by atoms with E-state index in [2.05, 4.69) is 55.9 Å². The molecule has 0 unspecified atom stereocenters. The molecule has 0 atom stereocenters. The third-order valence-corrected chi connectivity index (χ3v) is 6.95. The topological polar surface area (TPSA) is 0 Å². The van der Waals surface area contributed by atoms with E-state index in [4.69, 9.17) is 0 Å². The Labute approximate surface area is 218 Å². The van der Waals surface area contributed by atoms with Crippen LogP contribution in [0.25, 0.3) is 0 Å². The third kappa shape index (κ3) is 32.7. The van der Waals surface area contributed by atoms with Crippen LogP contribution in [0.1, 0.15) is 130 Å². The maximum atomic E-state index is 2.33. The Hall–Kier alpha value is 0.500. The highest BCUT2D eigenvalue weighted by Crippen LogP contribution is 2.11. The molecular formula is C28H64Cl2N2. The van der Waals surface area contributed by atoms with Crippen molar-refractivity contribution in [2.45, 2.75) is 130 Å². The fraction of sp³-hybridized carbons (Fsp3) is 1.00. The lowest BCUT2D eigenvalue weighted by atomic mass is 10.1. The van der Waals surface area contributed by atoms with E-state index in [0.717, 1.165) is 0 Å². The second kappa shape index (κ2) is 27.7. The van der Waals surface area contributed by atoms with Crippen molar-refractivity contribution in [3.05, 3.63) is 0 Å². The summed E-state index contributed by atoms with van der Waals surface area (Å²) >= 11 is 0. The monoisotopic (exact) mass is 498 g/mol. The Morgan fingerprint density at radius 1 is 0.344 bits per heavy atom. The second-order valence-corrected chi connectivity index (χ2v) is 10.9. The third-order valence-electron chi connectivity index (χ3n) is 6.95. The summed E-state index contributed by atoms with van der Waals surface area (Å²) in [6.45, 7) is 14.4. The molecule has 0 aromatic heterocycles. The molecule has 0 amide bonds. The van der Waals surface area contributed by atoms with Crippen molar-refractivity contribution in [2.24, 2.45) is 0 Å². The SMILES string of the molecule is CCCCCCCCCC[N+](C)(C)CC.CCCCCCCCCC[N+](C)(C)CC.[Cl-].[Cl-]. The van der Waals surface area contributed by atoms with Crippen LogP contribution in [0.2, 0.25) is 0 Å². The first kappa shape index (κ1) is 39.7. The predicted octanol–water partition coefficient (Wildman–Crippen LogP) is 2.45. The van der Waals surface area contributed by atoms with Gasteiger partial charge < -0.3 is 33.8 Å². The highest BCUT2D eigenvalue weighted by molar-refractivity contribution is 4.47. The molecule has 0 saturated carbocycles. The van der Waals surface area contributed by atoms with Crippen LogP contribution in [-0.4, -0.2) is 63.3 Å². The van der Waals surface area contributed by atoms with Gasteiger partial charge >= 0.3 is 0 Å². The largest absolute Gasteiger partial charge is 1.00 e.